The van der Waals surface area contributed by atoms with Crippen molar-refractivity contribution in [3.63, 3.8) is 0 Å². The predicted octanol–water partition coefficient (Wildman–Crippen LogP) is 6.67. The molecule has 0 fully saturated rings. The van der Waals surface area contributed by atoms with Gasteiger partial charge in [0.1, 0.15) is 0 Å². The van der Waals surface area contributed by atoms with Crippen LogP contribution in [0.15, 0.2) is 37.0 Å². The molecule has 0 aliphatic heterocycles. The minimum atomic E-state index is 0. The monoisotopic (exact) mass is 754 g/mol. The third-order valence-corrected chi connectivity index (χ3v) is 5.42. The molecule has 24 heavy (non-hydrogen) atoms. The first kappa shape index (κ1) is 24.9. The summed E-state index contributed by atoms with van der Waals surface area (Å²) in [5.41, 5.74) is 1.61. The maximum atomic E-state index is 3.87. The Morgan fingerprint density at radius 3 is 2.04 bits per heavy atom. The molecule has 5 atom stereocenters. The minimum absolute atomic E-state index is 0. The Morgan fingerprint density at radius 1 is 1.08 bits per heavy atom. The number of hydrogen-bond donors (Lipinski definition) is 0. The van der Waals surface area contributed by atoms with Gasteiger partial charge in [0, 0.05) is 20.4 Å². The number of allylic oxidation sites excluding steroid dienone is 4. The molecule has 1 aliphatic rings. The Labute approximate surface area is 159 Å². The fraction of sp³-hybridized carbons (Fsp3) is 0.636. The van der Waals surface area contributed by atoms with E-state index in [1.165, 1.54) is 19.3 Å². The Balaban J connectivity index is 0. The van der Waals surface area contributed by atoms with Crippen LogP contribution in [0.2, 0.25) is 0 Å². The first-order valence-electron chi connectivity index (χ1n) is 8.99. The second-order valence-electron chi connectivity index (χ2n) is 7.64. The zero-order valence-corrected chi connectivity index (χ0v) is 25.6. The summed E-state index contributed by atoms with van der Waals surface area (Å²) in [6.45, 7) is 19.5. The normalized spacial score (nSPS) is 25.4. The average molecular weight is 754 g/mol. The molecule has 2 heteroatoms. The van der Waals surface area contributed by atoms with Crippen LogP contribution in [0.5, 0.6) is 0 Å². The van der Waals surface area contributed by atoms with Crippen LogP contribution in [0, 0.1) is 48.3 Å². The van der Waals surface area contributed by atoms with Gasteiger partial charge in [0.2, 0.25) is 0 Å². The molecule has 0 saturated heterocycles. The van der Waals surface area contributed by atoms with Crippen LogP contribution >= 0.6 is 0 Å². The Hall–Kier alpha value is -1.38. The fourth-order valence-corrected chi connectivity index (χ4v) is 4.20. The van der Waals surface area contributed by atoms with Crippen LogP contribution < -0.4 is 0 Å². The Kier molecular flexibility index (Phi) is 12.5. The van der Waals surface area contributed by atoms with Crippen molar-refractivity contribution < 1.29 is 20.4 Å². The maximum Gasteiger partial charge on any atom is 0 e. The molecule has 0 spiro atoms. The van der Waals surface area contributed by atoms with Gasteiger partial charge >= 0.3 is 0 Å². The molecule has 1 rings (SSSR count). The first-order chi connectivity index (χ1) is 10.4. The molecule has 1 aliphatic carbocycles. The third-order valence-electron chi connectivity index (χ3n) is 5.42. The SMILES string of the molecule is C=C[CH-]C(C)C[C@@H]1[C@@H](C(C)C)CC=C(C)[C@@H]1CC(C)[CH-]C=C.[Re].[Rf]. The van der Waals surface area contributed by atoms with Crippen LogP contribution in [0.4, 0.5) is 0 Å². The van der Waals surface area contributed by atoms with E-state index in [0.717, 1.165) is 17.8 Å². The number of rotatable bonds is 9. The van der Waals surface area contributed by atoms with Gasteiger partial charge in [0.25, 0.3) is 0 Å². The van der Waals surface area contributed by atoms with Crippen molar-refractivity contribution in [2.24, 2.45) is 35.5 Å². The van der Waals surface area contributed by atoms with E-state index in [9.17, 15) is 0 Å². The van der Waals surface area contributed by atoms with Crippen LogP contribution in [-0.4, -0.2) is 0 Å². The van der Waals surface area contributed by atoms with E-state index in [-0.39, 0.29) is 20.4 Å². The molecule has 0 aromatic carbocycles. The third kappa shape index (κ3) is 7.02. The van der Waals surface area contributed by atoms with Crippen LogP contribution in [0.1, 0.15) is 53.9 Å². The van der Waals surface area contributed by atoms with E-state index in [1.807, 2.05) is 12.2 Å². The minimum Gasteiger partial charge on any atom is -0.245 e. The summed E-state index contributed by atoms with van der Waals surface area (Å²) in [6, 6.07) is 0. The summed E-state index contributed by atoms with van der Waals surface area (Å²) in [7, 11) is 0. The van der Waals surface area contributed by atoms with Gasteiger partial charge in [0.15, 0.2) is 0 Å². The van der Waals surface area contributed by atoms with Gasteiger partial charge in [-0.3, -0.25) is 0 Å². The summed E-state index contributed by atoms with van der Waals surface area (Å²) >= 11 is 0. The van der Waals surface area contributed by atoms with Gasteiger partial charge < -0.3 is 0 Å². The smallest absolute Gasteiger partial charge is 0 e. The molecule has 0 saturated carbocycles. The van der Waals surface area contributed by atoms with E-state index in [1.54, 1.807) is 5.57 Å². The van der Waals surface area contributed by atoms with Gasteiger partial charge in [0.05, 0.1) is 0 Å². The largest absolute Gasteiger partial charge is 0.245 e. The summed E-state index contributed by atoms with van der Waals surface area (Å²) in [6.07, 6.45) is 14.7. The topological polar surface area (TPSA) is 0 Å². The van der Waals surface area contributed by atoms with Crippen molar-refractivity contribution in [3.8, 4) is 0 Å². The van der Waals surface area contributed by atoms with Gasteiger partial charge in [-0.05, 0) is 37.0 Å². The van der Waals surface area contributed by atoms with Crippen molar-refractivity contribution in [2.45, 2.75) is 53.9 Å². The molecule has 0 N–H and O–H groups in total. The first-order valence-corrected chi connectivity index (χ1v) is 8.99. The zero-order chi connectivity index (χ0) is 16.7. The maximum absolute atomic E-state index is 3.87. The predicted molar refractivity (Wildman–Crippen MR) is 100 cm³/mol. The zero-order valence-electron chi connectivity index (χ0n) is 16.5. The molecule has 0 bridgehead atoms. The van der Waals surface area contributed by atoms with Crippen molar-refractivity contribution in [2.75, 3.05) is 0 Å². The molecule has 0 aromatic rings. The van der Waals surface area contributed by atoms with E-state index in [0.29, 0.717) is 17.8 Å². The molecule has 0 nitrogen and oxygen atoms in total. The van der Waals surface area contributed by atoms with Gasteiger partial charge in [-0.2, -0.15) is 0 Å². The van der Waals surface area contributed by atoms with E-state index < -0.39 is 0 Å². The number of hydrogen-bond acceptors (Lipinski definition) is 0. The van der Waals surface area contributed by atoms with Crippen molar-refractivity contribution in [1.82, 2.24) is 0 Å². The van der Waals surface area contributed by atoms with E-state index in [4.69, 9.17) is 0 Å². The Morgan fingerprint density at radius 2 is 1.58 bits per heavy atom. The molecule has 1 radical (unpaired) electrons. The summed E-state index contributed by atoms with van der Waals surface area (Å²) in [5, 5.41) is 0. The van der Waals surface area contributed by atoms with E-state index in [2.05, 4.69) is 66.7 Å². The molecule has 135 valence electrons. The van der Waals surface area contributed by atoms with E-state index >= 15 is 0 Å². The summed E-state index contributed by atoms with van der Waals surface area (Å²) in [5.74, 6) is 4.30. The summed E-state index contributed by atoms with van der Waals surface area (Å²) < 4.78 is 0. The van der Waals surface area contributed by atoms with Crippen molar-refractivity contribution in [3.05, 3.63) is 49.8 Å². The molecule has 0 heterocycles. The van der Waals surface area contributed by atoms with Gasteiger partial charge in [-0.1, -0.05) is 64.0 Å². The Bertz CT molecular complexity index is 385. The van der Waals surface area contributed by atoms with Crippen molar-refractivity contribution in [1.29, 1.82) is 0 Å². The fourth-order valence-electron chi connectivity index (χ4n) is 4.20. The second kappa shape index (κ2) is 12.1. The van der Waals surface area contributed by atoms with Gasteiger partial charge in [-0.15, -0.1) is 0 Å². The quantitative estimate of drug-likeness (QED) is 0.183. The molecule has 0 aromatic heterocycles. The molecular weight excluding hydrogens is 717 g/mol. The van der Waals surface area contributed by atoms with Crippen molar-refractivity contribution >= 4 is 0 Å². The van der Waals surface area contributed by atoms with Crippen LogP contribution in [0.25, 0.3) is 0 Å². The summed E-state index contributed by atoms with van der Waals surface area (Å²) in [4.78, 5) is 0. The van der Waals surface area contributed by atoms with Gasteiger partial charge in [-0.25, -0.2) is 38.2 Å². The molecular formula is C22H36ReRf-2. The standard InChI is InChI=1S/C22H36.Re.Rf/c1-8-10-17(5)14-21-19(7)12-13-20(16(3)4)22(21)15-18(6)11-9-2;;/h8-12,16-18,20-22H,1-2,13-15H2,3-7H3;;/q-2;;/t17?,18?,20-,21+,22-;;/m1../s1. The second-order valence-corrected chi connectivity index (χ2v) is 7.64. The molecule has 2 unspecified atom stereocenters. The average Bonchev–Trinajstić information content (AvgIpc) is 2.43. The van der Waals surface area contributed by atoms with Crippen LogP contribution in [-0.2, 0) is 20.4 Å². The van der Waals surface area contributed by atoms with Crippen LogP contribution in [0.3, 0.4) is 0 Å². The molecule has 0 amide bonds.